The van der Waals surface area contributed by atoms with Crippen LogP contribution in [0.25, 0.3) is 6.08 Å². The maximum Gasteiger partial charge on any atom is 0.339 e. The minimum Gasteiger partial charge on any atom is -0.507 e. The molecule has 0 aromatic heterocycles. The molecule has 12 nitrogen and oxygen atoms in total. The van der Waals surface area contributed by atoms with Gasteiger partial charge in [-0.05, 0) is 42.0 Å². The van der Waals surface area contributed by atoms with Gasteiger partial charge in [-0.15, -0.1) is 4.83 Å². The number of benzene rings is 3. The summed E-state index contributed by atoms with van der Waals surface area (Å²) in [6.07, 6.45) is 1.34. The first-order chi connectivity index (χ1) is 17.1. The molecule has 182 valence electrons. The van der Waals surface area contributed by atoms with Crippen molar-refractivity contribution >= 4 is 39.5 Å². The highest BCUT2D eigenvalue weighted by molar-refractivity contribution is 7.89. The molecule has 3 aromatic rings. The van der Waals surface area contributed by atoms with Gasteiger partial charge in [-0.1, -0.05) is 30.3 Å². The summed E-state index contributed by atoms with van der Waals surface area (Å²) in [7, 11) is -4.50. The molecule has 13 heteroatoms. The van der Waals surface area contributed by atoms with E-state index in [0.29, 0.717) is 16.1 Å². The second-order valence-corrected chi connectivity index (χ2v) is 9.06. The summed E-state index contributed by atoms with van der Waals surface area (Å²) < 4.78 is 26.1. The van der Waals surface area contributed by atoms with Gasteiger partial charge in [0.05, 0.1) is 9.82 Å². The van der Waals surface area contributed by atoms with E-state index in [2.05, 4.69) is 9.82 Å². The van der Waals surface area contributed by atoms with Crippen LogP contribution in [0.1, 0.15) is 21.5 Å². The van der Waals surface area contributed by atoms with Crippen molar-refractivity contribution in [1.82, 2.24) is 9.84 Å². The lowest BCUT2D eigenvalue weighted by Crippen LogP contribution is -2.47. The number of nitrogens with one attached hydrogen (secondary N) is 1. The standard InChI is InChI=1S/C23H16N4O8S/c28-20-11-10-17(13-18(20)23(30)31)36(34,35)25-26-21(15-4-2-1-3-5-15)24-19(22(26)29)12-14-6-8-16(9-7-14)27(32)33/h1-13,25,28H,(H,30,31). The fraction of sp³-hybridized carbons (Fsp3) is 0. The first-order valence-electron chi connectivity index (χ1n) is 10.1. The second kappa shape index (κ2) is 9.40. The molecule has 0 radical (unpaired) electrons. The van der Waals surface area contributed by atoms with E-state index in [1.807, 2.05) is 0 Å². The Morgan fingerprint density at radius 2 is 1.72 bits per heavy atom. The molecule has 0 saturated heterocycles. The average Bonchev–Trinajstić information content (AvgIpc) is 3.14. The van der Waals surface area contributed by atoms with Gasteiger partial charge in [-0.2, -0.15) is 0 Å². The molecule has 36 heavy (non-hydrogen) atoms. The summed E-state index contributed by atoms with van der Waals surface area (Å²) in [6, 6.07) is 16.2. The van der Waals surface area contributed by atoms with Gasteiger partial charge < -0.3 is 10.2 Å². The predicted molar refractivity (Wildman–Crippen MR) is 126 cm³/mol. The van der Waals surface area contributed by atoms with Gasteiger partial charge in [0, 0.05) is 17.7 Å². The van der Waals surface area contributed by atoms with Crippen molar-refractivity contribution in [2.24, 2.45) is 4.99 Å². The van der Waals surface area contributed by atoms with E-state index in [0.717, 1.165) is 18.2 Å². The van der Waals surface area contributed by atoms with Crippen LogP contribution in [0.4, 0.5) is 5.69 Å². The Hall–Kier alpha value is -4.88. The number of carboxylic acid groups (broad SMARTS) is 1. The molecular formula is C23H16N4O8S. The first-order valence-corrected chi connectivity index (χ1v) is 11.6. The summed E-state index contributed by atoms with van der Waals surface area (Å²) in [5.74, 6) is -3.05. The molecule has 0 saturated carbocycles. The first kappa shape index (κ1) is 24.3. The Labute approximate surface area is 203 Å². The van der Waals surface area contributed by atoms with Crippen LogP contribution in [0, 0.1) is 10.1 Å². The summed E-state index contributed by atoms with van der Waals surface area (Å²) in [4.78, 5) is 40.7. The van der Waals surface area contributed by atoms with E-state index in [9.17, 15) is 38.3 Å². The Balaban J connectivity index is 1.73. The monoisotopic (exact) mass is 508 g/mol. The van der Waals surface area contributed by atoms with E-state index in [4.69, 9.17) is 0 Å². The Morgan fingerprint density at radius 3 is 2.33 bits per heavy atom. The molecule has 0 fully saturated rings. The number of carbonyl (C=O) groups is 2. The molecule has 0 spiro atoms. The van der Waals surface area contributed by atoms with Crippen LogP contribution in [0.2, 0.25) is 0 Å². The van der Waals surface area contributed by atoms with Crippen molar-refractivity contribution in [1.29, 1.82) is 0 Å². The third kappa shape index (κ3) is 4.82. The number of nitrogens with zero attached hydrogens (tertiary/aromatic N) is 3. The van der Waals surface area contributed by atoms with Gasteiger partial charge in [-0.25, -0.2) is 23.2 Å². The van der Waals surface area contributed by atoms with Gasteiger partial charge in [0.15, 0.2) is 5.84 Å². The molecule has 1 aliphatic rings. The van der Waals surface area contributed by atoms with Gasteiger partial charge in [0.2, 0.25) is 0 Å². The zero-order chi connectivity index (χ0) is 26.0. The molecule has 1 heterocycles. The number of nitro benzene ring substituents is 1. The smallest absolute Gasteiger partial charge is 0.339 e. The van der Waals surface area contributed by atoms with Gasteiger partial charge in [-0.3, -0.25) is 14.9 Å². The Morgan fingerprint density at radius 1 is 1.06 bits per heavy atom. The van der Waals surface area contributed by atoms with E-state index in [1.54, 1.807) is 30.3 Å². The lowest BCUT2D eigenvalue weighted by molar-refractivity contribution is -0.384. The summed E-state index contributed by atoms with van der Waals surface area (Å²) in [5, 5.41) is 30.5. The lowest BCUT2D eigenvalue weighted by Gasteiger charge is -2.19. The number of nitro groups is 1. The predicted octanol–water partition coefficient (Wildman–Crippen LogP) is 2.52. The number of amides is 1. The summed E-state index contributed by atoms with van der Waals surface area (Å²) in [5.41, 5.74) is -0.122. The molecule has 0 aliphatic carbocycles. The number of aliphatic imine (C=N–C) groups is 1. The molecule has 4 rings (SSSR count). The summed E-state index contributed by atoms with van der Waals surface area (Å²) >= 11 is 0. The van der Waals surface area contributed by atoms with Crippen LogP contribution in [0.15, 0.2) is 88.4 Å². The maximum absolute atomic E-state index is 13.2. The van der Waals surface area contributed by atoms with E-state index in [-0.39, 0.29) is 17.2 Å². The lowest BCUT2D eigenvalue weighted by atomic mass is 10.2. The molecule has 3 N–H and O–H groups in total. The van der Waals surface area contributed by atoms with Gasteiger partial charge in [0.25, 0.3) is 21.6 Å². The third-order valence-corrected chi connectivity index (χ3v) is 6.32. The third-order valence-electron chi connectivity index (χ3n) is 5.02. The normalized spacial score (nSPS) is 14.7. The number of hydrogen-bond acceptors (Lipinski definition) is 8. The van der Waals surface area contributed by atoms with Gasteiger partial charge in [0.1, 0.15) is 17.0 Å². The Bertz CT molecular complexity index is 1550. The molecule has 1 aliphatic heterocycles. The Kier molecular flexibility index (Phi) is 6.33. The van der Waals surface area contributed by atoms with Crippen molar-refractivity contribution in [2.45, 2.75) is 4.90 Å². The number of aromatic hydroxyl groups is 1. The van der Waals surface area contributed by atoms with E-state index < -0.39 is 43.0 Å². The zero-order valence-electron chi connectivity index (χ0n) is 18.1. The topological polar surface area (TPSA) is 180 Å². The molecule has 0 unspecified atom stereocenters. The number of hydrazine groups is 1. The molecule has 0 atom stereocenters. The molecular weight excluding hydrogens is 492 g/mol. The molecule has 0 bridgehead atoms. The fourth-order valence-corrected chi connectivity index (χ4v) is 4.29. The van der Waals surface area contributed by atoms with Crippen LogP contribution < -0.4 is 4.83 Å². The molecule has 1 amide bonds. The fourth-order valence-electron chi connectivity index (χ4n) is 3.26. The SMILES string of the molecule is O=C(O)c1cc(S(=O)(=O)NN2C(=O)C(=Cc3ccc([N+](=O)[O-])cc3)N=C2c2ccccc2)ccc1O. The van der Waals surface area contributed by atoms with Crippen molar-refractivity contribution in [3.8, 4) is 5.75 Å². The quantitative estimate of drug-likeness (QED) is 0.247. The van der Waals surface area contributed by atoms with Crippen molar-refractivity contribution < 1.29 is 33.1 Å². The highest BCUT2D eigenvalue weighted by Gasteiger charge is 2.35. The number of carbonyl (C=O) groups excluding carboxylic acids is 1. The minimum atomic E-state index is -4.50. The number of amidine groups is 1. The van der Waals surface area contributed by atoms with Crippen LogP contribution in [-0.2, 0) is 14.8 Å². The largest absolute Gasteiger partial charge is 0.507 e. The van der Waals surface area contributed by atoms with Crippen LogP contribution in [0.3, 0.4) is 0 Å². The number of hydrogen-bond donors (Lipinski definition) is 3. The van der Waals surface area contributed by atoms with Crippen molar-refractivity contribution in [2.75, 3.05) is 0 Å². The van der Waals surface area contributed by atoms with Gasteiger partial charge >= 0.3 is 5.97 Å². The minimum absolute atomic E-state index is 0.0467. The van der Waals surface area contributed by atoms with Crippen LogP contribution in [-0.4, -0.2) is 46.3 Å². The van der Waals surface area contributed by atoms with E-state index >= 15 is 0 Å². The van der Waals surface area contributed by atoms with Crippen LogP contribution >= 0.6 is 0 Å². The number of rotatable bonds is 7. The molecule has 3 aromatic carbocycles. The summed E-state index contributed by atoms with van der Waals surface area (Å²) in [6.45, 7) is 0. The zero-order valence-corrected chi connectivity index (χ0v) is 18.9. The second-order valence-electron chi connectivity index (χ2n) is 7.40. The number of aromatic carboxylic acids is 1. The van der Waals surface area contributed by atoms with Crippen molar-refractivity contribution in [3.05, 3.63) is 105 Å². The number of non-ortho nitro benzene ring substituents is 1. The number of phenols is 1. The maximum atomic E-state index is 13.2. The highest BCUT2D eigenvalue weighted by atomic mass is 32.2. The highest BCUT2D eigenvalue weighted by Crippen LogP contribution is 2.25. The number of sulfonamides is 1. The van der Waals surface area contributed by atoms with E-state index in [1.165, 1.54) is 30.3 Å². The van der Waals surface area contributed by atoms with Crippen molar-refractivity contribution in [3.63, 3.8) is 0 Å². The number of carboxylic acids is 1. The average molecular weight is 508 g/mol. The van der Waals surface area contributed by atoms with Crippen LogP contribution in [0.5, 0.6) is 5.75 Å².